The molecular weight excluding hydrogens is 380 g/mol. The molecule has 1 amide bonds. The lowest BCUT2D eigenvalue weighted by Crippen LogP contribution is -2.26. The zero-order valence-corrected chi connectivity index (χ0v) is 17.2. The molecule has 0 aliphatic heterocycles. The second-order valence-corrected chi connectivity index (χ2v) is 7.43. The van der Waals surface area contributed by atoms with Crippen LogP contribution in [0.3, 0.4) is 0 Å². The number of rotatable bonds is 8. The zero-order valence-electron chi connectivity index (χ0n) is 15.7. The summed E-state index contributed by atoms with van der Waals surface area (Å²) < 4.78 is 0.500. The fourth-order valence-electron chi connectivity index (χ4n) is 2.31. The topological polar surface area (TPSA) is 48.8 Å². The van der Waals surface area contributed by atoms with Crippen molar-refractivity contribution in [2.24, 2.45) is 5.10 Å². The Bertz CT molecular complexity index is 832. The summed E-state index contributed by atoms with van der Waals surface area (Å²) in [4.78, 5) is 18.8. The lowest BCUT2D eigenvalue weighted by Gasteiger charge is -2.15. The number of carbonyl (C=O) groups excluding carboxylic acids is 1. The molecule has 1 aromatic carbocycles. The van der Waals surface area contributed by atoms with Crippen molar-refractivity contribution in [3.63, 3.8) is 0 Å². The van der Waals surface area contributed by atoms with Gasteiger partial charge in [0, 0.05) is 31.1 Å². The van der Waals surface area contributed by atoms with Gasteiger partial charge in [-0.3, -0.25) is 9.80 Å². The number of nitrogens with zero attached hydrogens (tertiary/aromatic N) is 4. The van der Waals surface area contributed by atoms with E-state index in [-0.39, 0.29) is 11.8 Å². The second-order valence-electron chi connectivity index (χ2n) is 5.82. The highest BCUT2D eigenvalue weighted by Gasteiger charge is 2.22. The van der Waals surface area contributed by atoms with Crippen molar-refractivity contribution in [3.8, 4) is 0 Å². The van der Waals surface area contributed by atoms with E-state index in [0.717, 1.165) is 5.69 Å². The molecule has 1 aromatic heterocycles. The Morgan fingerprint density at radius 1 is 1.41 bits per heavy atom. The quantitative estimate of drug-likeness (QED) is 0.347. The van der Waals surface area contributed by atoms with Crippen molar-refractivity contribution in [2.45, 2.75) is 19.8 Å². The lowest BCUT2D eigenvalue weighted by atomic mass is 10.1. The van der Waals surface area contributed by atoms with Gasteiger partial charge in [0.1, 0.15) is 4.34 Å². The van der Waals surface area contributed by atoms with Gasteiger partial charge in [-0.1, -0.05) is 60.2 Å². The molecule has 0 saturated heterocycles. The van der Waals surface area contributed by atoms with Gasteiger partial charge in [-0.25, -0.2) is 4.98 Å². The van der Waals surface area contributed by atoms with E-state index in [1.807, 2.05) is 56.5 Å². The minimum atomic E-state index is -0.189. The maximum Gasteiger partial charge on any atom is 0.287 e. The van der Waals surface area contributed by atoms with E-state index in [1.54, 1.807) is 29.2 Å². The van der Waals surface area contributed by atoms with Crippen molar-refractivity contribution in [1.29, 1.82) is 0 Å². The predicted octanol–water partition coefficient (Wildman–Crippen LogP) is 5.18. The van der Waals surface area contributed by atoms with Gasteiger partial charge in [0.2, 0.25) is 0 Å². The van der Waals surface area contributed by atoms with Crippen molar-refractivity contribution < 1.29 is 4.79 Å². The lowest BCUT2D eigenvalue weighted by molar-refractivity contribution is 0.0992. The van der Waals surface area contributed by atoms with Crippen molar-refractivity contribution in [2.75, 3.05) is 18.5 Å². The van der Waals surface area contributed by atoms with Gasteiger partial charge in [0.15, 0.2) is 5.01 Å². The average molecular weight is 403 g/mol. The molecule has 142 valence electrons. The van der Waals surface area contributed by atoms with Crippen LogP contribution in [0.15, 0.2) is 60.4 Å². The number of carbonyl (C=O) groups is 1. The number of amides is 1. The van der Waals surface area contributed by atoms with Gasteiger partial charge in [0.25, 0.3) is 5.91 Å². The number of allylic oxidation sites excluding steroid dienone is 1. The van der Waals surface area contributed by atoms with Crippen LogP contribution in [0.4, 0.5) is 5.69 Å². The maximum atomic E-state index is 12.7. The molecule has 0 aliphatic rings. The summed E-state index contributed by atoms with van der Waals surface area (Å²) in [5.74, 6) is -0.319. The van der Waals surface area contributed by atoms with Gasteiger partial charge in [-0.05, 0) is 19.1 Å². The van der Waals surface area contributed by atoms with E-state index < -0.39 is 0 Å². The molecule has 0 bridgehead atoms. The Kier molecular flexibility index (Phi) is 7.76. The molecule has 2 rings (SSSR count). The fraction of sp³-hybridized carbons (Fsp3) is 0.250. The van der Waals surface area contributed by atoms with Crippen LogP contribution < -0.4 is 4.90 Å². The molecule has 0 N–H and O–H groups in total. The highest BCUT2D eigenvalue weighted by atomic mass is 35.5. The first kappa shape index (κ1) is 20.9. The van der Waals surface area contributed by atoms with E-state index in [4.69, 9.17) is 11.6 Å². The van der Waals surface area contributed by atoms with Gasteiger partial charge in [-0.15, -0.1) is 6.58 Å². The van der Waals surface area contributed by atoms with E-state index in [2.05, 4.69) is 16.7 Å². The summed E-state index contributed by atoms with van der Waals surface area (Å²) in [7, 11) is 1.72. The first-order valence-electron chi connectivity index (χ1n) is 8.51. The minimum Gasteiger partial charge on any atom is -0.309 e. The van der Waals surface area contributed by atoms with Crippen LogP contribution in [0.1, 0.15) is 35.3 Å². The first-order valence-corrected chi connectivity index (χ1v) is 9.71. The molecule has 2 aromatic rings. The first-order chi connectivity index (χ1) is 13.0. The molecule has 0 fully saturated rings. The average Bonchev–Trinajstić information content (AvgIpc) is 3.07. The Balaban J connectivity index is 2.17. The van der Waals surface area contributed by atoms with Gasteiger partial charge in [0.05, 0.1) is 12.2 Å². The normalized spacial score (nSPS) is 12.4. The van der Waals surface area contributed by atoms with Crippen molar-refractivity contribution >= 4 is 40.7 Å². The Morgan fingerprint density at radius 3 is 2.74 bits per heavy atom. The van der Waals surface area contributed by atoms with Crippen LogP contribution in [0, 0.1) is 0 Å². The molecule has 5 nitrogen and oxygen atoms in total. The molecule has 0 aliphatic carbocycles. The maximum absolute atomic E-state index is 12.7. The molecule has 0 spiro atoms. The monoisotopic (exact) mass is 402 g/mol. The smallest absolute Gasteiger partial charge is 0.287 e. The highest BCUT2D eigenvalue weighted by molar-refractivity contribution is 7.17. The third kappa shape index (κ3) is 5.52. The summed E-state index contributed by atoms with van der Waals surface area (Å²) in [6, 6.07) is 9.43. The molecule has 7 heteroatoms. The van der Waals surface area contributed by atoms with E-state index in [0.29, 0.717) is 21.6 Å². The van der Waals surface area contributed by atoms with Crippen LogP contribution in [0.5, 0.6) is 0 Å². The summed E-state index contributed by atoms with van der Waals surface area (Å²) in [5, 5.41) is 6.54. The number of hydrogen-bond acceptors (Lipinski definition) is 5. The molecule has 1 atom stereocenters. The Labute approximate surface area is 169 Å². The highest BCUT2D eigenvalue weighted by Crippen LogP contribution is 2.30. The number of hydrazone groups is 1. The Hall–Kier alpha value is -2.44. The largest absolute Gasteiger partial charge is 0.309 e. The standard InChI is InChI=1S/C20H23ClN4OS/c1-5-12-25(13-6-2)22-14-15(3)17-18(21)27-19(23-17)20(26)24(4)16-10-8-7-9-11-16/h5-11,13-15H,1,12H2,2-4H3. The van der Waals surface area contributed by atoms with E-state index in [1.165, 1.54) is 11.3 Å². The summed E-state index contributed by atoms with van der Waals surface area (Å²) in [6.45, 7) is 8.19. The zero-order chi connectivity index (χ0) is 19.8. The van der Waals surface area contributed by atoms with Gasteiger partial charge in [-0.2, -0.15) is 5.10 Å². The fourth-order valence-corrected chi connectivity index (χ4v) is 3.61. The van der Waals surface area contributed by atoms with Crippen molar-refractivity contribution in [3.05, 3.63) is 70.3 Å². The number of thiazole rings is 1. The molecular formula is C20H23ClN4OS. The molecule has 1 heterocycles. The summed E-state index contributed by atoms with van der Waals surface area (Å²) >= 11 is 7.54. The molecule has 0 radical (unpaired) electrons. The number of para-hydroxylation sites is 1. The van der Waals surface area contributed by atoms with Crippen LogP contribution >= 0.6 is 22.9 Å². The Morgan fingerprint density at radius 2 is 2.11 bits per heavy atom. The molecule has 1 unspecified atom stereocenters. The van der Waals surface area contributed by atoms with Crippen LogP contribution in [-0.4, -0.2) is 35.7 Å². The van der Waals surface area contributed by atoms with E-state index in [9.17, 15) is 4.79 Å². The molecule has 27 heavy (non-hydrogen) atoms. The molecule has 0 saturated carbocycles. The third-order valence-corrected chi connectivity index (χ3v) is 5.02. The minimum absolute atomic E-state index is 0.130. The SMILES string of the molecule is C=CCN(C=CC)N=CC(C)c1nc(C(=O)N(C)c2ccccc2)sc1Cl. The van der Waals surface area contributed by atoms with E-state index >= 15 is 0 Å². The number of halogens is 1. The number of benzene rings is 1. The number of anilines is 1. The second kappa shape index (κ2) is 10.0. The summed E-state index contributed by atoms with van der Waals surface area (Å²) in [5.41, 5.74) is 1.45. The van der Waals surface area contributed by atoms with Crippen LogP contribution in [0.25, 0.3) is 0 Å². The summed E-state index contributed by atoms with van der Waals surface area (Å²) in [6.07, 6.45) is 7.29. The predicted molar refractivity (Wildman–Crippen MR) is 115 cm³/mol. The van der Waals surface area contributed by atoms with Gasteiger partial charge >= 0.3 is 0 Å². The van der Waals surface area contributed by atoms with Crippen LogP contribution in [0.2, 0.25) is 4.34 Å². The number of hydrogen-bond donors (Lipinski definition) is 0. The van der Waals surface area contributed by atoms with Crippen LogP contribution in [-0.2, 0) is 0 Å². The van der Waals surface area contributed by atoms with Crippen molar-refractivity contribution in [1.82, 2.24) is 9.99 Å². The number of aromatic nitrogens is 1. The third-order valence-electron chi connectivity index (χ3n) is 3.75. The van der Waals surface area contributed by atoms with Gasteiger partial charge < -0.3 is 4.90 Å².